The first kappa shape index (κ1) is 17.5. The van der Waals surface area contributed by atoms with E-state index in [4.69, 9.17) is 5.73 Å². The Morgan fingerprint density at radius 1 is 1.35 bits per heavy atom. The van der Waals surface area contributed by atoms with Crippen LogP contribution in [0, 0.1) is 5.92 Å². The number of carbonyl (C=O) groups is 2. The van der Waals surface area contributed by atoms with E-state index >= 15 is 0 Å². The Balaban J connectivity index is 1.89. The summed E-state index contributed by atoms with van der Waals surface area (Å²) in [5.74, 6) is 0.0172. The van der Waals surface area contributed by atoms with E-state index in [9.17, 15) is 9.59 Å². The van der Waals surface area contributed by atoms with Crippen molar-refractivity contribution in [2.24, 2.45) is 11.7 Å². The van der Waals surface area contributed by atoms with Gasteiger partial charge in [-0.25, -0.2) is 0 Å². The Morgan fingerprint density at radius 3 is 2.78 bits per heavy atom. The molecule has 2 rings (SSSR count). The van der Waals surface area contributed by atoms with Crippen LogP contribution in [-0.4, -0.2) is 23.9 Å². The first-order valence-electron chi connectivity index (χ1n) is 8.42. The number of hydrogen-bond donors (Lipinski definition) is 3. The maximum atomic E-state index is 12.1. The Kier molecular flexibility index (Phi) is 6.16. The third kappa shape index (κ3) is 5.06. The smallest absolute Gasteiger partial charge is 0.251 e. The molecule has 0 radical (unpaired) electrons. The van der Waals surface area contributed by atoms with E-state index in [1.54, 1.807) is 6.07 Å². The molecular weight excluding hydrogens is 290 g/mol. The van der Waals surface area contributed by atoms with Crippen molar-refractivity contribution in [2.75, 3.05) is 0 Å². The molecule has 0 saturated heterocycles. The average Bonchev–Trinajstić information content (AvgIpc) is 2.99. The number of amides is 2. The standard InChI is InChI=1S/C18H27N3O2/c1-3-12(2)21-18(23)14-6-4-5-13(9-14)11-20-17(22)15-7-8-16(19)10-15/h4-6,9,12,15-16H,3,7-8,10-11,19H2,1-2H3,(H,20,22)(H,21,23). The van der Waals surface area contributed by atoms with Gasteiger partial charge >= 0.3 is 0 Å². The summed E-state index contributed by atoms with van der Waals surface area (Å²) >= 11 is 0. The number of nitrogens with one attached hydrogen (secondary N) is 2. The highest BCUT2D eigenvalue weighted by atomic mass is 16.2. The summed E-state index contributed by atoms with van der Waals surface area (Å²) in [4.78, 5) is 24.3. The molecule has 23 heavy (non-hydrogen) atoms. The molecule has 0 aromatic heterocycles. The molecule has 5 heteroatoms. The highest BCUT2D eigenvalue weighted by Gasteiger charge is 2.27. The highest BCUT2D eigenvalue weighted by Crippen LogP contribution is 2.24. The van der Waals surface area contributed by atoms with Crippen LogP contribution in [0.15, 0.2) is 24.3 Å². The Hall–Kier alpha value is -1.88. The van der Waals surface area contributed by atoms with Crippen LogP contribution in [0.3, 0.4) is 0 Å². The second-order valence-corrected chi connectivity index (χ2v) is 6.47. The van der Waals surface area contributed by atoms with Gasteiger partial charge in [-0.1, -0.05) is 19.1 Å². The summed E-state index contributed by atoms with van der Waals surface area (Å²) < 4.78 is 0. The van der Waals surface area contributed by atoms with E-state index in [-0.39, 0.29) is 29.8 Å². The highest BCUT2D eigenvalue weighted by molar-refractivity contribution is 5.94. The number of rotatable bonds is 6. The zero-order valence-corrected chi connectivity index (χ0v) is 14.0. The molecule has 3 unspecified atom stereocenters. The van der Waals surface area contributed by atoms with E-state index < -0.39 is 0 Å². The second kappa shape index (κ2) is 8.11. The lowest BCUT2D eigenvalue weighted by Crippen LogP contribution is -2.32. The zero-order valence-electron chi connectivity index (χ0n) is 14.0. The van der Waals surface area contributed by atoms with Crippen molar-refractivity contribution in [3.63, 3.8) is 0 Å². The van der Waals surface area contributed by atoms with Gasteiger partial charge in [0.2, 0.25) is 5.91 Å². The predicted molar refractivity (Wildman–Crippen MR) is 90.8 cm³/mol. The third-order valence-electron chi connectivity index (χ3n) is 4.49. The Labute approximate surface area is 138 Å². The van der Waals surface area contributed by atoms with Gasteiger partial charge in [0.25, 0.3) is 5.91 Å². The van der Waals surface area contributed by atoms with Crippen LogP contribution < -0.4 is 16.4 Å². The molecule has 1 aromatic rings. The summed E-state index contributed by atoms with van der Waals surface area (Å²) in [7, 11) is 0. The molecule has 126 valence electrons. The van der Waals surface area contributed by atoms with E-state index in [1.807, 2.05) is 32.0 Å². The van der Waals surface area contributed by atoms with Crippen molar-refractivity contribution in [3.8, 4) is 0 Å². The quantitative estimate of drug-likeness (QED) is 0.750. The van der Waals surface area contributed by atoms with Crippen molar-refractivity contribution in [2.45, 2.75) is 58.2 Å². The first-order valence-corrected chi connectivity index (χ1v) is 8.42. The lowest BCUT2D eigenvalue weighted by Gasteiger charge is -2.13. The maximum Gasteiger partial charge on any atom is 0.251 e. The molecule has 5 nitrogen and oxygen atoms in total. The third-order valence-corrected chi connectivity index (χ3v) is 4.49. The van der Waals surface area contributed by atoms with E-state index in [0.717, 1.165) is 31.2 Å². The predicted octanol–water partition coefficient (Wildman–Crippen LogP) is 1.96. The minimum Gasteiger partial charge on any atom is -0.352 e. The van der Waals surface area contributed by atoms with Crippen LogP contribution in [0.25, 0.3) is 0 Å². The topological polar surface area (TPSA) is 84.2 Å². The molecule has 4 N–H and O–H groups in total. The molecule has 1 saturated carbocycles. The minimum absolute atomic E-state index is 0.0295. The van der Waals surface area contributed by atoms with Gasteiger partial charge in [0, 0.05) is 30.1 Å². The lowest BCUT2D eigenvalue weighted by atomic mass is 10.1. The van der Waals surface area contributed by atoms with E-state index in [0.29, 0.717) is 12.1 Å². The molecule has 1 aliphatic rings. The summed E-state index contributed by atoms with van der Waals surface area (Å²) in [6.45, 7) is 4.45. The molecule has 1 fully saturated rings. The van der Waals surface area contributed by atoms with Gasteiger partial charge in [0.05, 0.1) is 0 Å². The van der Waals surface area contributed by atoms with Gasteiger partial charge < -0.3 is 16.4 Å². The van der Waals surface area contributed by atoms with Gasteiger partial charge in [-0.2, -0.15) is 0 Å². The molecule has 0 spiro atoms. The SMILES string of the molecule is CCC(C)NC(=O)c1cccc(CNC(=O)C2CCC(N)C2)c1. The minimum atomic E-state index is -0.0747. The Bertz CT molecular complexity index is 559. The van der Waals surface area contributed by atoms with Crippen LogP contribution >= 0.6 is 0 Å². The molecule has 3 atom stereocenters. The fourth-order valence-corrected chi connectivity index (χ4v) is 2.82. The van der Waals surface area contributed by atoms with Gasteiger partial charge in [-0.15, -0.1) is 0 Å². The van der Waals surface area contributed by atoms with Crippen molar-refractivity contribution in [3.05, 3.63) is 35.4 Å². The van der Waals surface area contributed by atoms with Crippen LogP contribution in [0.2, 0.25) is 0 Å². The number of carbonyl (C=O) groups excluding carboxylic acids is 2. The van der Waals surface area contributed by atoms with Crippen molar-refractivity contribution in [1.29, 1.82) is 0 Å². The van der Waals surface area contributed by atoms with Crippen molar-refractivity contribution in [1.82, 2.24) is 10.6 Å². The summed E-state index contributed by atoms with van der Waals surface area (Å²) in [6.07, 6.45) is 3.45. The molecular formula is C18H27N3O2. The molecule has 0 aliphatic heterocycles. The summed E-state index contributed by atoms with van der Waals surface area (Å²) in [6, 6.07) is 7.69. The molecule has 1 aromatic carbocycles. The lowest BCUT2D eigenvalue weighted by molar-refractivity contribution is -0.125. The van der Waals surface area contributed by atoms with E-state index in [2.05, 4.69) is 10.6 Å². The molecule has 0 heterocycles. The molecule has 0 bridgehead atoms. The van der Waals surface area contributed by atoms with Crippen LogP contribution in [0.1, 0.15) is 55.5 Å². The number of nitrogens with two attached hydrogens (primary N) is 1. The van der Waals surface area contributed by atoms with Crippen LogP contribution in [0.5, 0.6) is 0 Å². The van der Waals surface area contributed by atoms with E-state index in [1.165, 1.54) is 0 Å². The average molecular weight is 317 g/mol. The second-order valence-electron chi connectivity index (χ2n) is 6.47. The van der Waals surface area contributed by atoms with Gasteiger partial charge in [-0.05, 0) is 50.3 Å². The monoisotopic (exact) mass is 317 g/mol. The normalized spacial score (nSPS) is 21.7. The summed E-state index contributed by atoms with van der Waals surface area (Å²) in [5, 5.41) is 5.90. The molecule has 1 aliphatic carbocycles. The number of hydrogen-bond acceptors (Lipinski definition) is 3. The number of benzene rings is 1. The van der Waals surface area contributed by atoms with Gasteiger partial charge in [-0.3, -0.25) is 9.59 Å². The fourth-order valence-electron chi connectivity index (χ4n) is 2.82. The largest absolute Gasteiger partial charge is 0.352 e. The maximum absolute atomic E-state index is 12.1. The van der Waals surface area contributed by atoms with Crippen molar-refractivity contribution >= 4 is 11.8 Å². The molecule has 2 amide bonds. The van der Waals surface area contributed by atoms with Gasteiger partial charge in [0.15, 0.2) is 0 Å². The first-order chi connectivity index (χ1) is 11.0. The van der Waals surface area contributed by atoms with Crippen LogP contribution in [-0.2, 0) is 11.3 Å². The van der Waals surface area contributed by atoms with Gasteiger partial charge in [0.1, 0.15) is 0 Å². The van der Waals surface area contributed by atoms with Crippen LogP contribution in [0.4, 0.5) is 0 Å². The fraction of sp³-hybridized carbons (Fsp3) is 0.556. The summed E-state index contributed by atoms with van der Waals surface area (Å²) in [5.41, 5.74) is 7.40. The van der Waals surface area contributed by atoms with Crippen molar-refractivity contribution < 1.29 is 9.59 Å². The zero-order chi connectivity index (χ0) is 16.8. The Morgan fingerprint density at radius 2 is 2.13 bits per heavy atom.